The highest BCUT2D eigenvalue weighted by molar-refractivity contribution is 5.88. The second-order valence-electron chi connectivity index (χ2n) is 9.55. The first-order chi connectivity index (χ1) is 19.0. The number of nitrogens with zero attached hydrogens (tertiary/aromatic N) is 2. The zero-order valence-corrected chi connectivity index (χ0v) is 21.2. The summed E-state index contributed by atoms with van der Waals surface area (Å²) in [6.07, 6.45) is 2.57. The molecule has 0 spiro atoms. The summed E-state index contributed by atoms with van der Waals surface area (Å²) in [6, 6.07) is 28.1. The smallest absolute Gasteiger partial charge is 0.307 e. The third-order valence-corrected chi connectivity index (χ3v) is 6.87. The van der Waals surface area contributed by atoms with Gasteiger partial charge in [0.05, 0.1) is 29.9 Å². The molecular weight excluding hydrogens is 495 g/mol. The maximum absolute atomic E-state index is 13.4. The third kappa shape index (κ3) is 5.16. The number of hydrogen-bond acceptors (Lipinski definition) is 4. The highest BCUT2D eigenvalue weighted by Crippen LogP contribution is 2.46. The highest BCUT2D eigenvalue weighted by atomic mass is 19.1. The first kappa shape index (κ1) is 24.6. The van der Waals surface area contributed by atoms with Crippen LogP contribution in [-0.4, -0.2) is 28.8 Å². The molecule has 0 radical (unpaired) electrons. The van der Waals surface area contributed by atoms with Crippen molar-refractivity contribution in [3.05, 3.63) is 114 Å². The van der Waals surface area contributed by atoms with Crippen molar-refractivity contribution >= 4 is 28.2 Å². The van der Waals surface area contributed by atoms with Crippen LogP contribution >= 0.6 is 0 Å². The topological polar surface area (TPSA) is 63.9 Å². The lowest BCUT2D eigenvalue weighted by Crippen LogP contribution is -2.23. The number of carboxylic acids is 1. The van der Waals surface area contributed by atoms with Gasteiger partial charge in [-0.05, 0) is 66.1 Å². The number of ether oxygens (including phenoxy) is 2. The van der Waals surface area contributed by atoms with E-state index in [1.54, 1.807) is 12.1 Å². The maximum atomic E-state index is 13.4. The quantitative estimate of drug-likeness (QED) is 0.208. The van der Waals surface area contributed by atoms with Crippen LogP contribution in [-0.2, 0) is 17.8 Å². The minimum Gasteiger partial charge on any atom is -0.493 e. The molecule has 7 heteroatoms. The van der Waals surface area contributed by atoms with Crippen molar-refractivity contribution in [1.82, 2.24) is 4.57 Å². The van der Waals surface area contributed by atoms with Crippen molar-refractivity contribution in [2.45, 2.75) is 19.4 Å². The molecular formula is C32H27FN2O4. The minimum absolute atomic E-state index is 0.0738. The fourth-order valence-corrected chi connectivity index (χ4v) is 5.09. The Hall–Kier alpha value is -4.78. The molecule has 0 fully saturated rings. The lowest BCUT2D eigenvalue weighted by molar-refractivity contribution is -0.136. The average Bonchev–Trinajstić information content (AvgIpc) is 3.27. The summed E-state index contributed by atoms with van der Waals surface area (Å²) in [5.74, 6) is 1.21. The molecule has 196 valence electrons. The number of carbonyl (C=O) groups is 1. The minimum atomic E-state index is -0.887. The number of aliphatic carboxylic acids is 1. The number of anilines is 2. The molecule has 39 heavy (non-hydrogen) atoms. The van der Waals surface area contributed by atoms with Crippen molar-refractivity contribution in [2.24, 2.45) is 0 Å². The summed E-state index contributed by atoms with van der Waals surface area (Å²) in [6.45, 7) is 1.76. The van der Waals surface area contributed by atoms with Crippen molar-refractivity contribution in [1.29, 1.82) is 0 Å². The molecule has 1 aliphatic heterocycles. The Morgan fingerprint density at radius 2 is 1.59 bits per heavy atom. The predicted molar refractivity (Wildman–Crippen MR) is 149 cm³/mol. The Morgan fingerprint density at radius 3 is 2.28 bits per heavy atom. The second-order valence-corrected chi connectivity index (χ2v) is 9.55. The van der Waals surface area contributed by atoms with E-state index >= 15 is 0 Å². The highest BCUT2D eigenvalue weighted by Gasteiger charge is 2.23. The summed E-state index contributed by atoms with van der Waals surface area (Å²) < 4.78 is 27.6. The molecule has 1 aromatic heterocycles. The SMILES string of the molecule is O=C(O)Cc1cn(Cc2ccc(F)cc2)c2cc(OCCCN3c4ccccc4Oc4ccccc43)ccc12. The van der Waals surface area contributed by atoms with Crippen LogP contribution < -0.4 is 14.4 Å². The Morgan fingerprint density at radius 1 is 0.897 bits per heavy atom. The third-order valence-electron chi connectivity index (χ3n) is 6.87. The Kier molecular flexibility index (Phi) is 6.63. The standard InChI is InChI=1S/C32H27FN2O4/c33-24-12-10-22(11-13-24)20-34-21-23(18-32(36)37)26-15-14-25(19-29(26)34)38-17-5-16-35-27-6-1-3-8-30(27)39-31-9-4-2-7-28(31)35/h1-4,6-15,19,21H,5,16-18,20H2,(H,36,37). The van der Waals surface area contributed by atoms with Crippen LogP contribution in [0.15, 0.2) is 97.2 Å². The van der Waals surface area contributed by atoms with Gasteiger partial charge in [-0.1, -0.05) is 36.4 Å². The van der Waals surface area contributed by atoms with Gasteiger partial charge in [-0.2, -0.15) is 0 Å². The number of para-hydroxylation sites is 4. The number of fused-ring (bicyclic) bond motifs is 3. The average molecular weight is 523 g/mol. The van der Waals surface area contributed by atoms with Crippen LogP contribution in [0.25, 0.3) is 10.9 Å². The van der Waals surface area contributed by atoms with Gasteiger partial charge in [-0.25, -0.2) is 4.39 Å². The van der Waals surface area contributed by atoms with Gasteiger partial charge >= 0.3 is 5.97 Å². The molecule has 5 aromatic rings. The zero-order valence-electron chi connectivity index (χ0n) is 21.2. The molecule has 0 atom stereocenters. The van der Waals surface area contributed by atoms with Crippen LogP contribution in [0.3, 0.4) is 0 Å². The molecule has 1 N–H and O–H groups in total. The molecule has 0 amide bonds. The molecule has 0 bridgehead atoms. The molecule has 2 heterocycles. The van der Waals surface area contributed by atoms with E-state index in [2.05, 4.69) is 17.0 Å². The molecule has 0 aliphatic carbocycles. The van der Waals surface area contributed by atoms with Crippen molar-refractivity contribution in [2.75, 3.05) is 18.1 Å². The van der Waals surface area contributed by atoms with Gasteiger partial charge in [0.25, 0.3) is 0 Å². The van der Waals surface area contributed by atoms with Crippen LogP contribution in [0.5, 0.6) is 17.2 Å². The van der Waals surface area contributed by atoms with E-state index in [9.17, 15) is 14.3 Å². The second kappa shape index (κ2) is 10.5. The van der Waals surface area contributed by atoms with Gasteiger partial charge in [-0.15, -0.1) is 0 Å². The summed E-state index contributed by atoms with van der Waals surface area (Å²) in [5, 5.41) is 10.3. The fourth-order valence-electron chi connectivity index (χ4n) is 5.09. The molecule has 0 saturated heterocycles. The van der Waals surface area contributed by atoms with E-state index in [0.717, 1.165) is 57.9 Å². The lowest BCUT2D eigenvalue weighted by Gasteiger charge is -2.32. The molecule has 0 saturated carbocycles. The molecule has 6 nitrogen and oxygen atoms in total. The summed E-state index contributed by atoms with van der Waals surface area (Å²) >= 11 is 0. The summed E-state index contributed by atoms with van der Waals surface area (Å²) in [7, 11) is 0. The number of carboxylic acid groups (broad SMARTS) is 1. The Labute approximate surface area is 225 Å². The van der Waals surface area contributed by atoms with E-state index in [0.29, 0.717) is 18.9 Å². The van der Waals surface area contributed by atoms with Gasteiger partial charge in [0.1, 0.15) is 11.6 Å². The predicted octanol–water partition coefficient (Wildman–Crippen LogP) is 7.17. The van der Waals surface area contributed by atoms with Gasteiger partial charge in [0.15, 0.2) is 11.5 Å². The van der Waals surface area contributed by atoms with Gasteiger partial charge < -0.3 is 24.0 Å². The van der Waals surface area contributed by atoms with E-state index in [-0.39, 0.29) is 12.2 Å². The lowest BCUT2D eigenvalue weighted by atomic mass is 10.1. The molecule has 4 aromatic carbocycles. The molecule has 1 aliphatic rings. The number of aromatic nitrogens is 1. The Balaban J connectivity index is 1.19. The van der Waals surface area contributed by atoms with Crippen molar-refractivity contribution in [3.8, 4) is 17.2 Å². The number of rotatable bonds is 9. The van der Waals surface area contributed by atoms with Crippen LogP contribution in [0, 0.1) is 5.82 Å². The van der Waals surface area contributed by atoms with E-state index in [1.165, 1.54) is 12.1 Å². The normalized spacial score (nSPS) is 12.1. The summed E-state index contributed by atoms with van der Waals surface area (Å²) in [4.78, 5) is 13.7. The monoisotopic (exact) mass is 522 g/mol. The van der Waals surface area contributed by atoms with E-state index < -0.39 is 5.97 Å². The number of halogens is 1. The van der Waals surface area contributed by atoms with Crippen LogP contribution in [0.4, 0.5) is 15.8 Å². The van der Waals surface area contributed by atoms with E-state index in [1.807, 2.05) is 65.4 Å². The number of hydrogen-bond donors (Lipinski definition) is 1. The van der Waals surface area contributed by atoms with E-state index in [4.69, 9.17) is 9.47 Å². The first-order valence-electron chi connectivity index (χ1n) is 12.9. The van der Waals surface area contributed by atoms with Crippen LogP contribution in [0.2, 0.25) is 0 Å². The van der Waals surface area contributed by atoms with Crippen molar-refractivity contribution in [3.63, 3.8) is 0 Å². The fraction of sp³-hybridized carbons (Fsp3) is 0.156. The van der Waals surface area contributed by atoms with Crippen LogP contribution in [0.1, 0.15) is 17.5 Å². The van der Waals surface area contributed by atoms with Crippen molar-refractivity contribution < 1.29 is 23.8 Å². The maximum Gasteiger partial charge on any atom is 0.307 e. The largest absolute Gasteiger partial charge is 0.493 e. The van der Waals surface area contributed by atoms with Gasteiger partial charge in [0, 0.05) is 30.7 Å². The Bertz CT molecular complexity index is 1600. The first-order valence-corrected chi connectivity index (χ1v) is 12.9. The molecule has 0 unspecified atom stereocenters. The number of benzene rings is 4. The zero-order chi connectivity index (χ0) is 26.8. The van der Waals surface area contributed by atoms with Gasteiger partial charge in [0.2, 0.25) is 0 Å². The summed E-state index contributed by atoms with van der Waals surface area (Å²) in [5.41, 5.74) is 4.59. The van der Waals surface area contributed by atoms with Gasteiger partial charge in [-0.3, -0.25) is 4.79 Å². The molecule has 6 rings (SSSR count).